The predicted octanol–water partition coefficient (Wildman–Crippen LogP) is 4.79. The number of carboxylic acids is 1. The minimum absolute atomic E-state index is 0.115. The number of nitrogens with zero attached hydrogens (tertiary/aromatic N) is 1. The summed E-state index contributed by atoms with van der Waals surface area (Å²) in [5.41, 5.74) is 1.83. The summed E-state index contributed by atoms with van der Waals surface area (Å²) in [6, 6.07) is 5.16. The van der Waals surface area contributed by atoms with Gasteiger partial charge in [-0.05, 0) is 40.9 Å². The van der Waals surface area contributed by atoms with Crippen LogP contribution in [-0.2, 0) is 6.42 Å². The number of aromatic hydroxyl groups is 1. The van der Waals surface area contributed by atoms with E-state index in [1.54, 1.807) is 18.2 Å². The monoisotopic (exact) mass is 393 g/mol. The van der Waals surface area contributed by atoms with Crippen molar-refractivity contribution >= 4 is 44.4 Å². The third-order valence-corrected chi connectivity index (χ3v) is 4.76. The van der Waals surface area contributed by atoms with Gasteiger partial charge in [0, 0.05) is 21.3 Å². The minimum Gasteiger partial charge on any atom is -0.505 e. The maximum absolute atomic E-state index is 11.6. The average molecular weight is 395 g/mol. The summed E-state index contributed by atoms with van der Waals surface area (Å²) in [6.07, 6.45) is 5.64. The third-order valence-electron chi connectivity index (χ3n) is 3.81. The molecule has 0 saturated carbocycles. The van der Waals surface area contributed by atoms with E-state index in [4.69, 9.17) is 11.6 Å². The van der Waals surface area contributed by atoms with Crippen molar-refractivity contribution in [3.05, 3.63) is 56.7 Å². The van der Waals surface area contributed by atoms with Crippen molar-refractivity contribution in [1.82, 2.24) is 4.98 Å². The number of carboxylic acid groups (broad SMARTS) is 1. The summed E-state index contributed by atoms with van der Waals surface area (Å²) < 4.78 is 0.694. The Hall–Kier alpha value is -1.85. The van der Waals surface area contributed by atoms with E-state index in [1.807, 2.05) is 12.2 Å². The zero-order valence-corrected chi connectivity index (χ0v) is 14.4. The highest BCUT2D eigenvalue weighted by Crippen LogP contribution is 2.34. The molecule has 1 aromatic heterocycles. The first-order valence-corrected chi connectivity index (χ1v) is 8.22. The van der Waals surface area contributed by atoms with Crippen LogP contribution in [0.25, 0.3) is 10.9 Å². The summed E-state index contributed by atoms with van der Waals surface area (Å²) in [5, 5.41) is 21.1. The van der Waals surface area contributed by atoms with Crippen molar-refractivity contribution in [1.29, 1.82) is 0 Å². The number of halogens is 2. The number of rotatable bonds is 3. The van der Waals surface area contributed by atoms with Crippen molar-refractivity contribution in [2.45, 2.75) is 19.3 Å². The fourth-order valence-electron chi connectivity index (χ4n) is 2.65. The molecule has 0 bridgehead atoms. The fourth-order valence-corrected chi connectivity index (χ4v) is 3.26. The summed E-state index contributed by atoms with van der Waals surface area (Å²) in [5.74, 6) is -1.44. The molecule has 2 aromatic rings. The molecular weight excluding hydrogens is 382 g/mol. The molecule has 6 heteroatoms. The van der Waals surface area contributed by atoms with Crippen LogP contribution in [0.15, 0.2) is 45.4 Å². The van der Waals surface area contributed by atoms with Crippen LogP contribution >= 0.6 is 27.5 Å². The lowest BCUT2D eigenvalue weighted by molar-refractivity contribution is 0.0695. The van der Waals surface area contributed by atoms with Gasteiger partial charge < -0.3 is 10.2 Å². The Bertz CT molecular complexity index is 874. The van der Waals surface area contributed by atoms with Crippen LogP contribution in [0, 0.1) is 0 Å². The van der Waals surface area contributed by atoms with Gasteiger partial charge in [-0.3, -0.25) is 0 Å². The minimum atomic E-state index is -1.17. The van der Waals surface area contributed by atoms with Crippen LogP contribution in [0.1, 0.15) is 28.9 Å². The van der Waals surface area contributed by atoms with Gasteiger partial charge in [-0.1, -0.05) is 35.4 Å². The topological polar surface area (TPSA) is 70.4 Å². The number of aromatic nitrogens is 1. The van der Waals surface area contributed by atoms with E-state index in [2.05, 4.69) is 20.9 Å². The maximum Gasteiger partial charge on any atom is 0.340 e. The molecule has 1 heterocycles. The Labute approximate surface area is 146 Å². The van der Waals surface area contributed by atoms with E-state index in [0.29, 0.717) is 27.5 Å². The largest absolute Gasteiger partial charge is 0.505 e. The number of para-hydroxylation sites is 1. The second kappa shape index (κ2) is 6.34. The molecule has 0 fully saturated rings. The van der Waals surface area contributed by atoms with Gasteiger partial charge in [0.1, 0.15) is 5.56 Å². The molecule has 0 spiro atoms. The lowest BCUT2D eigenvalue weighted by atomic mass is 9.97. The lowest BCUT2D eigenvalue weighted by Crippen LogP contribution is -2.05. The molecule has 2 N–H and O–H groups in total. The van der Waals surface area contributed by atoms with Gasteiger partial charge in [0.15, 0.2) is 5.75 Å². The lowest BCUT2D eigenvalue weighted by Gasteiger charge is -2.14. The van der Waals surface area contributed by atoms with E-state index >= 15 is 0 Å². The van der Waals surface area contributed by atoms with Crippen molar-refractivity contribution in [3.8, 4) is 5.75 Å². The summed E-state index contributed by atoms with van der Waals surface area (Å²) in [4.78, 5) is 16.1. The standard InChI is InChI=1S/C17H13BrClNO3/c18-12-3-1-2-11-14(17(22)23)16(21)13(20-15(11)12)8-9-4-6-10(19)7-5-9/h1-4,6,21H,5,7-8H2,(H,22,23). The molecular formula is C17H13BrClNO3. The van der Waals surface area contributed by atoms with E-state index in [9.17, 15) is 15.0 Å². The molecule has 0 aliphatic heterocycles. The van der Waals surface area contributed by atoms with E-state index in [0.717, 1.165) is 23.4 Å². The van der Waals surface area contributed by atoms with Gasteiger partial charge in [-0.15, -0.1) is 0 Å². The number of hydrogen-bond acceptors (Lipinski definition) is 3. The second-order valence-corrected chi connectivity index (χ2v) is 6.68. The summed E-state index contributed by atoms with van der Waals surface area (Å²) in [6.45, 7) is 0. The van der Waals surface area contributed by atoms with E-state index in [1.165, 1.54) is 0 Å². The van der Waals surface area contributed by atoms with Crippen LogP contribution in [0.2, 0.25) is 0 Å². The van der Waals surface area contributed by atoms with Crippen LogP contribution in [-0.4, -0.2) is 21.2 Å². The van der Waals surface area contributed by atoms with Gasteiger partial charge in [-0.25, -0.2) is 9.78 Å². The highest BCUT2D eigenvalue weighted by molar-refractivity contribution is 9.10. The number of hydrogen-bond donors (Lipinski definition) is 2. The first-order chi connectivity index (χ1) is 11.0. The number of pyridine rings is 1. The molecule has 1 aromatic carbocycles. The summed E-state index contributed by atoms with van der Waals surface area (Å²) in [7, 11) is 0. The van der Waals surface area contributed by atoms with Crippen LogP contribution in [0.3, 0.4) is 0 Å². The summed E-state index contributed by atoms with van der Waals surface area (Å²) >= 11 is 9.34. The molecule has 0 atom stereocenters. The highest BCUT2D eigenvalue weighted by atomic mass is 79.9. The molecule has 1 aliphatic rings. The Morgan fingerprint density at radius 3 is 2.74 bits per heavy atom. The SMILES string of the molecule is O=C(O)c1c(O)c(CC2=CC=C(Cl)CC2)nc2c(Br)cccc12. The number of aromatic carboxylic acids is 1. The Morgan fingerprint density at radius 1 is 1.30 bits per heavy atom. The zero-order valence-electron chi connectivity index (χ0n) is 12.0. The Balaban J connectivity index is 2.16. The molecule has 4 nitrogen and oxygen atoms in total. The molecule has 23 heavy (non-hydrogen) atoms. The number of fused-ring (bicyclic) bond motifs is 1. The van der Waals surface area contributed by atoms with Crippen LogP contribution in [0.5, 0.6) is 5.75 Å². The second-order valence-electron chi connectivity index (χ2n) is 5.34. The first-order valence-electron chi connectivity index (χ1n) is 7.05. The predicted molar refractivity (Wildman–Crippen MR) is 93.0 cm³/mol. The smallest absolute Gasteiger partial charge is 0.340 e. The van der Waals surface area contributed by atoms with Gasteiger partial charge in [0.2, 0.25) is 0 Å². The molecule has 0 unspecified atom stereocenters. The average Bonchev–Trinajstić information content (AvgIpc) is 2.51. The molecule has 0 saturated heterocycles. The van der Waals surface area contributed by atoms with Crippen molar-refractivity contribution in [2.75, 3.05) is 0 Å². The van der Waals surface area contributed by atoms with E-state index < -0.39 is 5.97 Å². The van der Waals surface area contributed by atoms with Gasteiger partial charge in [0.05, 0.1) is 11.2 Å². The van der Waals surface area contributed by atoms with Gasteiger partial charge in [0.25, 0.3) is 0 Å². The highest BCUT2D eigenvalue weighted by Gasteiger charge is 2.21. The number of carbonyl (C=O) groups is 1. The fraction of sp³-hybridized carbons (Fsp3) is 0.176. The van der Waals surface area contributed by atoms with Crippen molar-refractivity contribution < 1.29 is 15.0 Å². The molecule has 0 radical (unpaired) electrons. The Kier molecular flexibility index (Phi) is 4.41. The molecule has 3 rings (SSSR count). The quantitative estimate of drug-likeness (QED) is 0.785. The normalized spacial score (nSPS) is 14.5. The van der Waals surface area contributed by atoms with Gasteiger partial charge >= 0.3 is 5.97 Å². The van der Waals surface area contributed by atoms with Crippen molar-refractivity contribution in [2.24, 2.45) is 0 Å². The zero-order chi connectivity index (χ0) is 16.6. The number of allylic oxidation sites excluding steroid dienone is 4. The van der Waals surface area contributed by atoms with Crippen LogP contribution < -0.4 is 0 Å². The number of benzene rings is 1. The molecule has 1 aliphatic carbocycles. The maximum atomic E-state index is 11.6. The first kappa shape index (κ1) is 16.0. The van der Waals surface area contributed by atoms with Gasteiger partial charge in [-0.2, -0.15) is 0 Å². The molecule has 118 valence electrons. The van der Waals surface area contributed by atoms with Crippen molar-refractivity contribution in [3.63, 3.8) is 0 Å². The third kappa shape index (κ3) is 3.12. The molecule has 0 amide bonds. The Morgan fingerprint density at radius 2 is 2.09 bits per heavy atom. The van der Waals surface area contributed by atoms with E-state index in [-0.39, 0.29) is 11.3 Å². The van der Waals surface area contributed by atoms with Crippen LogP contribution in [0.4, 0.5) is 0 Å².